The molecule has 1 aromatic heterocycles. The van der Waals surface area contributed by atoms with Crippen LogP contribution in [0.1, 0.15) is 61.5 Å². The van der Waals surface area contributed by atoms with Crippen LogP contribution in [-0.4, -0.2) is 39.1 Å². The Kier molecular flexibility index (Phi) is 4.36. The Hall–Kier alpha value is -1.93. The largest absolute Gasteiger partial charge is 0.390 e. The van der Waals surface area contributed by atoms with E-state index in [1.54, 1.807) is 12.1 Å². The van der Waals surface area contributed by atoms with Gasteiger partial charge in [-0.3, -0.25) is 4.79 Å². The molecule has 1 amide bonds. The van der Waals surface area contributed by atoms with Gasteiger partial charge in [-0.15, -0.1) is 0 Å². The van der Waals surface area contributed by atoms with E-state index in [1.807, 2.05) is 17.9 Å². The van der Waals surface area contributed by atoms with Gasteiger partial charge < -0.3 is 10.0 Å². The van der Waals surface area contributed by atoms with Crippen molar-refractivity contribution in [2.24, 2.45) is 5.92 Å². The second-order valence-corrected chi connectivity index (χ2v) is 6.96. The van der Waals surface area contributed by atoms with Gasteiger partial charge in [0.25, 0.3) is 5.91 Å². The molecule has 1 N–H and O–H groups in total. The second-order valence-electron chi connectivity index (χ2n) is 6.96. The van der Waals surface area contributed by atoms with E-state index in [9.17, 15) is 9.90 Å². The number of carbonyl (C=O) groups is 1. The summed E-state index contributed by atoms with van der Waals surface area (Å²) in [6.45, 7) is 2.64. The summed E-state index contributed by atoms with van der Waals surface area (Å²) in [6.07, 6.45) is 7.38. The minimum absolute atomic E-state index is 0.0484. The van der Waals surface area contributed by atoms with Crippen molar-refractivity contribution < 1.29 is 9.90 Å². The van der Waals surface area contributed by atoms with E-state index < -0.39 is 5.60 Å². The molecule has 3 rings (SSSR count). The molecule has 0 spiro atoms. The molecular formula is C18H23N3O2. The third-order valence-corrected chi connectivity index (χ3v) is 5.39. The van der Waals surface area contributed by atoms with Crippen molar-refractivity contribution in [3.63, 3.8) is 0 Å². The van der Waals surface area contributed by atoms with E-state index in [1.165, 1.54) is 6.20 Å². The fraction of sp³-hybridized carbons (Fsp3) is 0.611. The van der Waals surface area contributed by atoms with Gasteiger partial charge in [-0.05, 0) is 44.7 Å². The highest BCUT2D eigenvalue weighted by molar-refractivity contribution is 5.94. The quantitative estimate of drug-likeness (QED) is 0.910. The number of likely N-dealkylation sites (tertiary alicyclic amines) is 1. The fourth-order valence-corrected chi connectivity index (χ4v) is 4.20. The lowest BCUT2D eigenvalue weighted by Crippen LogP contribution is -2.50. The number of nitrogens with zero attached hydrogens (tertiary/aromatic N) is 3. The summed E-state index contributed by atoms with van der Waals surface area (Å²) in [7, 11) is 0. The predicted octanol–water partition coefficient (Wildman–Crippen LogP) is 2.50. The number of aliphatic hydroxyl groups is 1. The van der Waals surface area contributed by atoms with Gasteiger partial charge in [0, 0.05) is 30.3 Å². The summed E-state index contributed by atoms with van der Waals surface area (Å²) in [5.41, 5.74) is 0.0807. The second kappa shape index (κ2) is 6.29. The fourth-order valence-electron chi connectivity index (χ4n) is 4.20. The van der Waals surface area contributed by atoms with E-state index in [-0.39, 0.29) is 23.6 Å². The number of aromatic nitrogens is 1. The van der Waals surface area contributed by atoms with Crippen LogP contribution in [0.15, 0.2) is 18.3 Å². The molecule has 2 aliphatic rings. The number of hydrogen-bond acceptors (Lipinski definition) is 4. The van der Waals surface area contributed by atoms with E-state index in [2.05, 4.69) is 4.98 Å². The van der Waals surface area contributed by atoms with Crippen LogP contribution in [0.5, 0.6) is 0 Å². The van der Waals surface area contributed by atoms with Gasteiger partial charge in [0.05, 0.1) is 5.60 Å². The zero-order valence-electron chi connectivity index (χ0n) is 13.5. The minimum atomic E-state index is -0.693. The average Bonchev–Trinajstić information content (AvgIpc) is 3.03. The predicted molar refractivity (Wildman–Crippen MR) is 85.6 cm³/mol. The highest BCUT2D eigenvalue weighted by Gasteiger charge is 2.44. The smallest absolute Gasteiger partial charge is 0.254 e. The van der Waals surface area contributed by atoms with Crippen molar-refractivity contribution in [3.8, 4) is 6.07 Å². The van der Waals surface area contributed by atoms with Gasteiger partial charge in [0.2, 0.25) is 0 Å². The number of hydrogen-bond donors (Lipinski definition) is 1. The molecule has 1 aliphatic heterocycles. The minimum Gasteiger partial charge on any atom is -0.390 e. The van der Waals surface area contributed by atoms with Crippen molar-refractivity contribution >= 4 is 5.91 Å². The Balaban J connectivity index is 1.83. The molecule has 1 saturated carbocycles. The third kappa shape index (κ3) is 3.09. The molecule has 2 fully saturated rings. The van der Waals surface area contributed by atoms with Crippen molar-refractivity contribution in [1.82, 2.24) is 9.88 Å². The molecule has 1 aliphatic carbocycles. The van der Waals surface area contributed by atoms with Crippen molar-refractivity contribution in [2.45, 2.75) is 57.1 Å². The molecule has 5 nitrogen and oxygen atoms in total. The monoisotopic (exact) mass is 313 g/mol. The SMILES string of the molecule is CC1(O)CCCCC1C1CCCN1C(=O)c1ccnc(C#N)c1. The van der Waals surface area contributed by atoms with E-state index in [4.69, 9.17) is 5.26 Å². The first-order valence-corrected chi connectivity index (χ1v) is 8.42. The Labute approximate surface area is 136 Å². The van der Waals surface area contributed by atoms with E-state index in [0.717, 1.165) is 45.1 Å². The Bertz CT molecular complexity index is 635. The lowest BCUT2D eigenvalue weighted by atomic mass is 9.72. The van der Waals surface area contributed by atoms with Crippen LogP contribution in [0.25, 0.3) is 0 Å². The summed E-state index contributed by atoms with van der Waals surface area (Å²) < 4.78 is 0. The van der Waals surface area contributed by atoms with Crippen LogP contribution in [0.3, 0.4) is 0 Å². The molecule has 0 radical (unpaired) electrons. The van der Waals surface area contributed by atoms with Crippen LogP contribution in [-0.2, 0) is 0 Å². The van der Waals surface area contributed by atoms with Crippen LogP contribution in [0.2, 0.25) is 0 Å². The van der Waals surface area contributed by atoms with Gasteiger partial charge in [-0.1, -0.05) is 12.8 Å². The molecule has 1 aromatic rings. The number of nitriles is 1. The molecule has 0 bridgehead atoms. The van der Waals surface area contributed by atoms with Crippen LogP contribution >= 0.6 is 0 Å². The van der Waals surface area contributed by atoms with Crippen LogP contribution < -0.4 is 0 Å². The molecule has 122 valence electrons. The normalized spacial score (nSPS) is 30.9. The molecule has 2 heterocycles. The van der Waals surface area contributed by atoms with E-state index >= 15 is 0 Å². The molecule has 3 atom stereocenters. The van der Waals surface area contributed by atoms with Crippen molar-refractivity contribution in [3.05, 3.63) is 29.6 Å². The lowest BCUT2D eigenvalue weighted by Gasteiger charge is -2.43. The lowest BCUT2D eigenvalue weighted by molar-refractivity contribution is -0.0577. The zero-order valence-corrected chi connectivity index (χ0v) is 13.5. The first kappa shape index (κ1) is 15.9. The molecule has 3 unspecified atom stereocenters. The number of pyridine rings is 1. The summed E-state index contributed by atoms with van der Waals surface area (Å²) in [4.78, 5) is 18.7. The highest BCUT2D eigenvalue weighted by Crippen LogP contribution is 2.41. The zero-order chi connectivity index (χ0) is 16.4. The first-order valence-electron chi connectivity index (χ1n) is 8.42. The van der Waals surface area contributed by atoms with Crippen molar-refractivity contribution in [2.75, 3.05) is 6.54 Å². The van der Waals surface area contributed by atoms with Gasteiger partial charge in [0.15, 0.2) is 0 Å². The van der Waals surface area contributed by atoms with Crippen molar-refractivity contribution in [1.29, 1.82) is 5.26 Å². The molecule has 0 aromatic carbocycles. The summed E-state index contributed by atoms with van der Waals surface area (Å²) in [5, 5.41) is 19.7. The highest BCUT2D eigenvalue weighted by atomic mass is 16.3. The maximum absolute atomic E-state index is 12.9. The average molecular weight is 313 g/mol. The van der Waals surface area contributed by atoms with Gasteiger partial charge in [-0.25, -0.2) is 4.98 Å². The van der Waals surface area contributed by atoms with Gasteiger partial charge >= 0.3 is 0 Å². The van der Waals surface area contributed by atoms with Crippen LogP contribution in [0, 0.1) is 17.2 Å². The maximum Gasteiger partial charge on any atom is 0.254 e. The summed E-state index contributed by atoms with van der Waals surface area (Å²) in [6, 6.07) is 5.29. The molecule has 23 heavy (non-hydrogen) atoms. The third-order valence-electron chi connectivity index (χ3n) is 5.39. The maximum atomic E-state index is 12.9. The topological polar surface area (TPSA) is 77.2 Å². The summed E-state index contributed by atoms with van der Waals surface area (Å²) >= 11 is 0. The number of rotatable bonds is 2. The van der Waals surface area contributed by atoms with Gasteiger partial charge in [-0.2, -0.15) is 5.26 Å². The first-order chi connectivity index (χ1) is 11.0. The molecular weight excluding hydrogens is 290 g/mol. The molecule has 1 saturated heterocycles. The standard InChI is InChI=1S/C18H23N3O2/c1-18(23)8-3-2-5-15(18)16-6-4-10-21(16)17(22)13-7-9-20-14(11-13)12-19/h7,9,11,15-16,23H,2-6,8,10H2,1H3. The van der Waals surface area contributed by atoms with Gasteiger partial charge in [0.1, 0.15) is 11.8 Å². The number of amides is 1. The van der Waals surface area contributed by atoms with E-state index in [0.29, 0.717) is 5.56 Å². The number of carbonyl (C=O) groups excluding carboxylic acids is 1. The Morgan fingerprint density at radius 1 is 1.43 bits per heavy atom. The Morgan fingerprint density at radius 3 is 3.00 bits per heavy atom. The summed E-state index contributed by atoms with van der Waals surface area (Å²) in [5.74, 6) is 0.0905. The molecule has 5 heteroatoms. The van der Waals surface area contributed by atoms with Crippen LogP contribution in [0.4, 0.5) is 0 Å². The Morgan fingerprint density at radius 2 is 2.26 bits per heavy atom.